The first kappa shape index (κ1) is 27.1. The lowest BCUT2D eigenvalue weighted by molar-refractivity contribution is 0.0921. The van der Waals surface area contributed by atoms with E-state index in [4.69, 9.17) is 9.15 Å². The first-order valence-electron chi connectivity index (χ1n) is 13.9. The Morgan fingerprint density at radius 2 is 1.79 bits per heavy atom. The van der Waals surface area contributed by atoms with Crippen LogP contribution in [0.2, 0.25) is 0 Å². The van der Waals surface area contributed by atoms with E-state index in [0.29, 0.717) is 40.2 Å². The molecule has 6 aromatic rings. The molecule has 0 fully saturated rings. The van der Waals surface area contributed by atoms with E-state index in [-0.39, 0.29) is 18.3 Å². The lowest BCUT2D eigenvalue weighted by Gasteiger charge is -2.23. The predicted octanol–water partition coefficient (Wildman–Crippen LogP) is 6.92. The Bertz CT molecular complexity index is 2030. The molecule has 216 valence electrons. The molecular weight excluding hydrogens is 565 g/mol. The fraction of sp³-hybridized carbons (Fsp3) is 0.147. The van der Waals surface area contributed by atoms with E-state index in [2.05, 4.69) is 47.0 Å². The van der Waals surface area contributed by atoms with Crippen LogP contribution >= 0.6 is 12.8 Å². The Balaban J connectivity index is 1.46. The van der Waals surface area contributed by atoms with Crippen LogP contribution in [0.25, 0.3) is 55.6 Å². The zero-order valence-corrected chi connectivity index (χ0v) is 24.4. The van der Waals surface area contributed by atoms with E-state index in [1.807, 2.05) is 43.4 Å². The monoisotopic (exact) mass is 593 g/mol. The van der Waals surface area contributed by atoms with Crippen molar-refractivity contribution in [2.45, 2.75) is 12.6 Å². The number of rotatable bonds is 4. The molecular formula is C34H28FN3O4S. The van der Waals surface area contributed by atoms with Crippen molar-refractivity contribution in [2.75, 3.05) is 25.0 Å². The van der Waals surface area contributed by atoms with E-state index >= 15 is 0 Å². The summed E-state index contributed by atoms with van der Waals surface area (Å²) in [6.07, 6.45) is -0.659. The second kappa shape index (κ2) is 10.5. The Labute approximate surface area is 252 Å². The summed E-state index contributed by atoms with van der Waals surface area (Å²) in [6.45, 7) is 0.575. The third kappa shape index (κ3) is 4.61. The summed E-state index contributed by atoms with van der Waals surface area (Å²) in [5.74, 6) is 0.333. The van der Waals surface area contributed by atoms with Gasteiger partial charge in [0.15, 0.2) is 0 Å². The zero-order chi connectivity index (χ0) is 29.8. The van der Waals surface area contributed by atoms with E-state index < -0.39 is 6.10 Å². The molecule has 0 saturated heterocycles. The number of carbonyl (C=O) groups is 1. The number of aliphatic hydroxyl groups excluding tert-OH is 1. The highest BCUT2D eigenvalue weighted by atomic mass is 32.1. The number of thiol groups is 1. The first-order chi connectivity index (χ1) is 20.8. The van der Waals surface area contributed by atoms with Crippen molar-refractivity contribution in [1.29, 1.82) is 0 Å². The number of ether oxygens (including phenoxy) is 1. The van der Waals surface area contributed by atoms with Gasteiger partial charge in [0.25, 0.3) is 5.91 Å². The molecule has 1 aliphatic heterocycles. The number of benzene rings is 4. The molecule has 2 aromatic heterocycles. The molecule has 3 heterocycles. The second-order valence-electron chi connectivity index (χ2n) is 10.7. The van der Waals surface area contributed by atoms with Crippen LogP contribution in [0.15, 0.2) is 89.3 Å². The van der Waals surface area contributed by atoms with Gasteiger partial charge >= 0.3 is 0 Å². The largest absolute Gasteiger partial charge is 0.490 e. The van der Waals surface area contributed by atoms with Gasteiger partial charge in [-0.2, -0.15) is 0 Å². The number of fused-ring (bicyclic) bond motifs is 6. The van der Waals surface area contributed by atoms with Gasteiger partial charge in [-0.15, -0.1) is 0 Å². The maximum absolute atomic E-state index is 13.7. The van der Waals surface area contributed by atoms with Gasteiger partial charge in [-0.25, -0.2) is 4.39 Å². The van der Waals surface area contributed by atoms with Crippen LogP contribution in [0.3, 0.4) is 0 Å². The Morgan fingerprint density at radius 3 is 2.56 bits per heavy atom. The lowest BCUT2D eigenvalue weighted by Crippen LogP contribution is -2.25. The molecule has 7 rings (SSSR count). The Kier molecular flexibility index (Phi) is 6.64. The van der Waals surface area contributed by atoms with E-state index in [9.17, 15) is 14.3 Å². The van der Waals surface area contributed by atoms with E-state index in [1.165, 1.54) is 12.1 Å². The average Bonchev–Trinajstić information content (AvgIpc) is 3.56. The topological polar surface area (TPSA) is 79.9 Å². The molecule has 1 unspecified atom stereocenters. The number of amides is 1. The number of anilines is 1. The number of hydrogen-bond acceptors (Lipinski definition) is 6. The maximum atomic E-state index is 13.7. The third-order valence-corrected chi connectivity index (χ3v) is 8.13. The van der Waals surface area contributed by atoms with Crippen LogP contribution in [0.1, 0.15) is 10.4 Å². The fourth-order valence-corrected chi connectivity index (χ4v) is 6.05. The first-order valence-corrected chi connectivity index (χ1v) is 14.3. The summed E-state index contributed by atoms with van der Waals surface area (Å²) < 4.78 is 29.9. The van der Waals surface area contributed by atoms with Crippen LogP contribution in [0, 0.1) is 5.82 Å². The molecule has 0 aliphatic carbocycles. The van der Waals surface area contributed by atoms with Crippen molar-refractivity contribution < 1.29 is 23.4 Å². The van der Waals surface area contributed by atoms with Crippen LogP contribution in [-0.2, 0) is 6.54 Å². The molecule has 1 aliphatic rings. The van der Waals surface area contributed by atoms with Gasteiger partial charge in [0.2, 0.25) is 0 Å². The van der Waals surface area contributed by atoms with Gasteiger partial charge in [-0.1, -0.05) is 37.1 Å². The quantitative estimate of drug-likeness (QED) is 0.193. The van der Waals surface area contributed by atoms with Crippen molar-refractivity contribution in [2.24, 2.45) is 0 Å². The van der Waals surface area contributed by atoms with Gasteiger partial charge in [0.05, 0.1) is 23.5 Å². The van der Waals surface area contributed by atoms with Crippen LogP contribution in [0.5, 0.6) is 5.75 Å². The summed E-state index contributed by atoms with van der Waals surface area (Å²) in [5, 5.41) is 15.1. The molecule has 0 saturated carbocycles. The number of furan rings is 1. The van der Waals surface area contributed by atoms with Crippen molar-refractivity contribution >= 4 is 46.3 Å². The van der Waals surface area contributed by atoms with Gasteiger partial charge < -0.3 is 28.4 Å². The van der Waals surface area contributed by atoms with Gasteiger partial charge in [-0.3, -0.25) is 4.79 Å². The summed E-state index contributed by atoms with van der Waals surface area (Å²) in [7, 11) is 3.39. The third-order valence-electron chi connectivity index (χ3n) is 7.92. The van der Waals surface area contributed by atoms with E-state index in [0.717, 1.165) is 39.0 Å². The van der Waals surface area contributed by atoms with Crippen LogP contribution < -0.4 is 14.4 Å². The summed E-state index contributed by atoms with van der Waals surface area (Å²) in [4.78, 5) is 13.2. The number of halogens is 1. The standard InChI is InChI=1S/C34H28FN3O4S/c1-36-34(40)32-26-15-24(28(37(2)43)16-31(26)42-33(32)19-7-10-22(35)11-8-19)20-9-12-30-25(13-20)29-14-21-5-3-4-6-27(21)38(29)17-23(39)18-41-30/h3-16,23,39,43H,17-18H2,1-2H3,(H,36,40). The minimum absolute atomic E-state index is 0.172. The minimum Gasteiger partial charge on any atom is -0.490 e. The molecule has 7 nitrogen and oxygen atoms in total. The SMILES string of the molecule is CNC(=O)c1c(-c2ccc(F)cc2)oc2cc(N(C)S)c(-c3ccc4c(c3)-c3cc5ccccc5n3CC(O)CO4)cc12. The fourth-order valence-electron chi connectivity index (χ4n) is 5.89. The molecule has 1 amide bonds. The molecule has 4 aromatic carbocycles. The smallest absolute Gasteiger partial charge is 0.255 e. The van der Waals surface area contributed by atoms with Crippen molar-refractivity contribution in [3.63, 3.8) is 0 Å². The number of nitrogens with one attached hydrogen (secondary N) is 1. The summed E-state index contributed by atoms with van der Waals surface area (Å²) in [5.41, 5.74) is 6.79. The lowest BCUT2D eigenvalue weighted by atomic mass is 9.96. The predicted molar refractivity (Wildman–Crippen MR) is 170 cm³/mol. The number of aromatic nitrogens is 1. The highest BCUT2D eigenvalue weighted by Crippen LogP contribution is 2.44. The van der Waals surface area contributed by atoms with Gasteiger partial charge in [0.1, 0.15) is 35.6 Å². The highest BCUT2D eigenvalue weighted by Gasteiger charge is 2.26. The van der Waals surface area contributed by atoms with E-state index in [1.54, 1.807) is 23.5 Å². The van der Waals surface area contributed by atoms with Crippen molar-refractivity contribution in [3.8, 4) is 39.5 Å². The second-order valence-corrected chi connectivity index (χ2v) is 11.3. The van der Waals surface area contributed by atoms with Crippen LogP contribution in [0.4, 0.5) is 10.1 Å². The minimum atomic E-state index is -0.659. The molecule has 0 radical (unpaired) electrons. The van der Waals surface area contributed by atoms with Crippen LogP contribution in [-0.4, -0.2) is 42.4 Å². The Hall–Kier alpha value is -4.73. The number of nitrogens with zero attached hydrogens (tertiary/aromatic N) is 2. The number of carbonyl (C=O) groups excluding carboxylic acids is 1. The zero-order valence-electron chi connectivity index (χ0n) is 23.5. The highest BCUT2D eigenvalue weighted by molar-refractivity contribution is 7.81. The molecule has 1 atom stereocenters. The number of hydrogen-bond donors (Lipinski definition) is 3. The molecule has 2 N–H and O–H groups in total. The summed E-state index contributed by atoms with van der Waals surface area (Å²) in [6, 6.07) is 25.8. The van der Waals surface area contributed by atoms with Crippen molar-refractivity contribution in [3.05, 3.63) is 96.3 Å². The average molecular weight is 594 g/mol. The number of para-hydroxylation sites is 1. The molecule has 0 spiro atoms. The molecule has 43 heavy (non-hydrogen) atoms. The number of aliphatic hydroxyl groups is 1. The Morgan fingerprint density at radius 1 is 1.02 bits per heavy atom. The normalized spacial score (nSPS) is 14.5. The van der Waals surface area contributed by atoms with Crippen molar-refractivity contribution in [1.82, 2.24) is 9.88 Å². The van der Waals surface area contributed by atoms with Gasteiger partial charge in [0, 0.05) is 53.1 Å². The molecule has 9 heteroatoms. The summed E-state index contributed by atoms with van der Waals surface area (Å²) >= 11 is 4.64. The maximum Gasteiger partial charge on any atom is 0.255 e. The van der Waals surface area contributed by atoms with Gasteiger partial charge in [-0.05, 0) is 60.2 Å². The molecule has 0 bridgehead atoms.